The normalized spacial score (nSPS) is 13.3. The lowest BCUT2D eigenvalue weighted by molar-refractivity contribution is -0.105. The molecule has 2 heterocycles. The Balaban J connectivity index is 0.000000312. The largest absolute Gasteiger partial charge is 0.513 e. The van der Waals surface area contributed by atoms with E-state index in [9.17, 15) is 23.2 Å². The van der Waals surface area contributed by atoms with Gasteiger partial charge in [-0.05, 0) is 79.0 Å². The number of hydrogen-bond donors (Lipinski definition) is 9. The van der Waals surface area contributed by atoms with Gasteiger partial charge >= 0.3 is 11.9 Å². The third kappa shape index (κ3) is 13.8. The van der Waals surface area contributed by atoms with Crippen molar-refractivity contribution in [2.24, 2.45) is 17.2 Å². The fourth-order valence-electron chi connectivity index (χ4n) is 4.70. The van der Waals surface area contributed by atoms with Crippen LogP contribution >= 0.6 is 0 Å². The van der Waals surface area contributed by atoms with E-state index >= 15 is 0 Å². The first-order chi connectivity index (χ1) is 25.8. The number of amidine groups is 1. The van der Waals surface area contributed by atoms with Gasteiger partial charge in [0, 0.05) is 51.0 Å². The summed E-state index contributed by atoms with van der Waals surface area (Å²) >= 11 is 0. The highest BCUT2D eigenvalue weighted by Crippen LogP contribution is 2.25. The maximum absolute atomic E-state index is 14.2. The Morgan fingerprint density at radius 1 is 0.907 bits per heavy atom. The van der Waals surface area contributed by atoms with Gasteiger partial charge in [0.05, 0.1) is 35.7 Å². The minimum absolute atomic E-state index is 0.128. The number of rotatable bonds is 13. The second-order valence-corrected chi connectivity index (χ2v) is 11.2. The van der Waals surface area contributed by atoms with Gasteiger partial charge in [0.15, 0.2) is 6.29 Å². The quantitative estimate of drug-likeness (QED) is 0.0302. The number of hydrogen-bond acceptors (Lipinski definition) is 12. The summed E-state index contributed by atoms with van der Waals surface area (Å²) in [4.78, 5) is 38.1. The van der Waals surface area contributed by atoms with Crippen LogP contribution in [0.15, 0.2) is 84.9 Å². The standard InChI is InChI=1S/C19H20F2N2O4.C9H15N3O2.C8H10N4O/c1-22-16-6-10(14(20)8-12(16)18(24)25)4-3-5-11-7-17(23-2)13(19(26)27)9-15(11)21;10-8(7-13)1-2-9(11)12-3-5-14-6-4-12;9-7(5-13)1-2-8(10)12-4-3-11-6-12/h6-9,22-23H,3-5H2,1-2H3,(H,24,25)(H,26,27);1-2,7,11,13H,3-6,10H2;1-6H,9-10H2/b;2-1-,8-7-,11-9?;7-1-,8-2+. The van der Waals surface area contributed by atoms with E-state index in [4.69, 9.17) is 42.7 Å². The van der Waals surface area contributed by atoms with Crippen molar-refractivity contribution in [1.82, 2.24) is 14.5 Å². The lowest BCUT2D eigenvalue weighted by Crippen LogP contribution is -2.39. The molecule has 0 atom stereocenters. The van der Waals surface area contributed by atoms with E-state index in [1.807, 2.05) is 4.90 Å². The Morgan fingerprint density at radius 3 is 1.87 bits per heavy atom. The molecule has 12 N–H and O–H groups in total. The van der Waals surface area contributed by atoms with Crippen LogP contribution in [0, 0.1) is 17.0 Å². The number of carboxylic acids is 2. The van der Waals surface area contributed by atoms with Crippen LogP contribution in [-0.2, 0) is 22.4 Å². The number of aldehydes is 1. The number of ether oxygens (including phenoxy) is 1. The molecule has 0 unspecified atom stereocenters. The smallest absolute Gasteiger partial charge is 0.337 e. The number of halogens is 2. The molecule has 1 aliphatic rings. The number of aliphatic hydroxyl groups excluding tert-OH is 1. The van der Waals surface area contributed by atoms with E-state index in [0.29, 0.717) is 60.1 Å². The lowest BCUT2D eigenvalue weighted by atomic mass is 9.99. The highest BCUT2D eigenvalue weighted by molar-refractivity contribution is 5.95. The third-order valence-corrected chi connectivity index (χ3v) is 7.58. The number of aromatic nitrogens is 2. The number of morpholine rings is 1. The Morgan fingerprint density at radius 2 is 1.44 bits per heavy atom. The molecule has 18 heteroatoms. The highest BCUT2D eigenvalue weighted by Gasteiger charge is 2.17. The Bertz CT molecular complexity index is 1800. The van der Waals surface area contributed by atoms with Crippen molar-refractivity contribution in [1.29, 1.82) is 5.41 Å². The number of carbonyl (C=O) groups is 3. The fraction of sp³-hybridized carbons (Fsp3) is 0.250. The number of benzene rings is 2. The second kappa shape index (κ2) is 22.3. The SMILES string of the molecule is CNc1cc(CCCc2cc(NC)c(C(=O)O)cc2F)c(F)cc1C(=O)O.N/C(C=O)=C\C=C(/N)n1ccnc1.N=C(/C=C\C(N)=C\O)N1CCOCC1. The van der Waals surface area contributed by atoms with Crippen LogP contribution < -0.4 is 27.8 Å². The van der Waals surface area contributed by atoms with E-state index in [1.165, 1.54) is 30.4 Å². The van der Waals surface area contributed by atoms with Crippen LogP contribution in [0.3, 0.4) is 0 Å². The van der Waals surface area contributed by atoms with E-state index in [2.05, 4.69) is 15.6 Å². The summed E-state index contributed by atoms with van der Waals surface area (Å²) in [6, 6.07) is 4.79. The van der Waals surface area contributed by atoms with E-state index in [0.717, 1.165) is 31.5 Å². The van der Waals surface area contributed by atoms with Crippen molar-refractivity contribution in [2.75, 3.05) is 51.0 Å². The maximum atomic E-state index is 14.2. The van der Waals surface area contributed by atoms with Gasteiger partial charge in [-0.3, -0.25) is 14.8 Å². The number of allylic oxidation sites excluding steroid dienone is 4. The van der Waals surface area contributed by atoms with Crippen molar-refractivity contribution in [3.63, 3.8) is 0 Å². The molecular weight excluding hydrogens is 708 g/mol. The second-order valence-electron chi connectivity index (χ2n) is 11.2. The Hall–Kier alpha value is -6.69. The van der Waals surface area contributed by atoms with Gasteiger partial charge in [0.1, 0.15) is 35.9 Å². The van der Waals surface area contributed by atoms with Gasteiger partial charge < -0.3 is 52.8 Å². The zero-order valence-electron chi connectivity index (χ0n) is 29.8. The molecule has 1 saturated heterocycles. The van der Waals surface area contributed by atoms with Crippen LogP contribution in [0.4, 0.5) is 20.2 Å². The lowest BCUT2D eigenvalue weighted by Gasteiger charge is -2.27. The van der Waals surface area contributed by atoms with Gasteiger partial charge in [-0.25, -0.2) is 23.4 Å². The van der Waals surface area contributed by atoms with Crippen molar-refractivity contribution in [2.45, 2.75) is 19.3 Å². The molecule has 290 valence electrons. The number of carboxylic acid groups (broad SMARTS) is 2. The van der Waals surface area contributed by atoms with Crippen molar-refractivity contribution in [3.05, 3.63) is 119 Å². The number of anilines is 2. The van der Waals surface area contributed by atoms with Crippen molar-refractivity contribution in [3.8, 4) is 0 Å². The summed E-state index contributed by atoms with van der Waals surface area (Å²) in [7, 11) is 3.09. The molecule has 0 spiro atoms. The summed E-state index contributed by atoms with van der Waals surface area (Å²) in [5.41, 5.74) is 17.5. The Labute approximate surface area is 310 Å². The minimum atomic E-state index is -1.23. The molecule has 2 aromatic carbocycles. The van der Waals surface area contributed by atoms with Gasteiger partial charge in [0.25, 0.3) is 0 Å². The monoisotopic (exact) mass is 753 g/mol. The molecule has 0 amide bonds. The fourth-order valence-corrected chi connectivity index (χ4v) is 4.70. The van der Waals surface area contributed by atoms with Crippen LogP contribution in [0.1, 0.15) is 38.3 Å². The summed E-state index contributed by atoms with van der Waals surface area (Å²) in [5.74, 6) is -2.90. The number of aliphatic hydroxyl groups is 1. The summed E-state index contributed by atoms with van der Waals surface area (Å²) in [6.07, 6.45) is 13.2. The number of aryl methyl sites for hydroxylation is 2. The minimum Gasteiger partial charge on any atom is -0.513 e. The zero-order chi connectivity index (χ0) is 40.2. The van der Waals surface area contributed by atoms with Gasteiger partial charge in [0.2, 0.25) is 0 Å². The number of nitrogens with two attached hydrogens (primary N) is 3. The van der Waals surface area contributed by atoms with Crippen molar-refractivity contribution < 1.29 is 43.2 Å². The van der Waals surface area contributed by atoms with Gasteiger partial charge in [-0.15, -0.1) is 0 Å². The maximum Gasteiger partial charge on any atom is 0.337 e. The molecule has 3 aromatic rings. The summed E-state index contributed by atoms with van der Waals surface area (Å²) < 4.78 is 35.1. The van der Waals surface area contributed by atoms with Gasteiger partial charge in [-0.1, -0.05) is 0 Å². The molecule has 1 fully saturated rings. The number of carbonyl (C=O) groups excluding carboxylic acids is 1. The van der Waals surface area contributed by atoms with Crippen molar-refractivity contribution >= 4 is 41.3 Å². The Kier molecular flexibility index (Phi) is 17.9. The van der Waals surface area contributed by atoms with E-state index in [1.54, 1.807) is 43.5 Å². The first-order valence-corrected chi connectivity index (χ1v) is 16.3. The predicted octanol–water partition coefficient (Wildman–Crippen LogP) is 3.51. The number of imidazole rings is 1. The number of aromatic carboxylic acids is 2. The third-order valence-electron chi connectivity index (χ3n) is 7.58. The molecule has 0 radical (unpaired) electrons. The van der Waals surface area contributed by atoms with Crippen LogP contribution in [0.5, 0.6) is 0 Å². The first-order valence-electron chi connectivity index (χ1n) is 16.3. The van der Waals surface area contributed by atoms with Crippen LogP contribution in [0.2, 0.25) is 0 Å². The molecule has 1 aliphatic heterocycles. The van der Waals surface area contributed by atoms with E-state index < -0.39 is 23.6 Å². The average molecular weight is 754 g/mol. The molecule has 0 saturated carbocycles. The molecule has 16 nitrogen and oxygen atoms in total. The molecule has 1 aromatic heterocycles. The zero-order valence-corrected chi connectivity index (χ0v) is 29.8. The molecule has 4 rings (SSSR count). The average Bonchev–Trinajstić information content (AvgIpc) is 3.73. The molecule has 0 bridgehead atoms. The molecule has 54 heavy (non-hydrogen) atoms. The number of nitrogens with zero attached hydrogens (tertiary/aromatic N) is 3. The molecule has 0 aliphatic carbocycles. The van der Waals surface area contributed by atoms with E-state index in [-0.39, 0.29) is 35.4 Å². The van der Waals surface area contributed by atoms with Gasteiger partial charge in [-0.2, -0.15) is 0 Å². The first kappa shape index (κ1) is 43.5. The summed E-state index contributed by atoms with van der Waals surface area (Å²) in [5, 5.41) is 39.8. The highest BCUT2D eigenvalue weighted by atomic mass is 19.1. The topological polar surface area (TPSA) is 268 Å². The number of nitrogens with one attached hydrogen (secondary N) is 3. The molecular formula is C36H45F2N9O7. The van der Waals surface area contributed by atoms with Crippen LogP contribution in [0.25, 0.3) is 5.82 Å². The predicted molar refractivity (Wildman–Crippen MR) is 201 cm³/mol. The van der Waals surface area contributed by atoms with Crippen LogP contribution in [-0.4, -0.2) is 94.2 Å². The summed E-state index contributed by atoms with van der Waals surface area (Å²) in [6.45, 7) is 2.76.